The molecular weight excluding hydrogens is 498 g/mol. The van der Waals surface area contributed by atoms with Crippen LogP contribution in [0, 0.1) is 23.7 Å². The topological polar surface area (TPSA) is 101 Å². The molecule has 5 unspecified atom stereocenters. The number of aromatic nitrogens is 3. The second-order valence-corrected chi connectivity index (χ2v) is 10.4. The number of aromatic amines is 1. The van der Waals surface area contributed by atoms with Crippen molar-refractivity contribution in [3.63, 3.8) is 0 Å². The summed E-state index contributed by atoms with van der Waals surface area (Å²) in [6, 6.07) is 0. The van der Waals surface area contributed by atoms with Crippen LogP contribution in [0.1, 0.15) is 31.2 Å². The zero-order chi connectivity index (χ0) is 26.3. The van der Waals surface area contributed by atoms with E-state index in [1.54, 1.807) is 4.90 Å². The molecule has 1 N–H and O–H groups in total. The predicted octanol–water partition coefficient (Wildman–Crippen LogP) is 3.16. The van der Waals surface area contributed by atoms with E-state index in [-0.39, 0.29) is 30.3 Å². The summed E-state index contributed by atoms with van der Waals surface area (Å²) in [5, 5.41) is 10.9. The third-order valence-electron chi connectivity index (χ3n) is 7.89. The first-order chi connectivity index (χ1) is 17.6. The Morgan fingerprint density at radius 3 is 2.46 bits per heavy atom. The third-order valence-corrected chi connectivity index (χ3v) is 7.89. The number of allylic oxidation sites excluding steroid dienone is 3. The lowest BCUT2D eigenvalue weighted by atomic mass is 9.87. The van der Waals surface area contributed by atoms with Crippen molar-refractivity contribution in [3.8, 4) is 0 Å². The molecule has 0 bridgehead atoms. The van der Waals surface area contributed by atoms with Gasteiger partial charge in [-0.3, -0.25) is 4.79 Å². The van der Waals surface area contributed by atoms with Crippen molar-refractivity contribution in [2.75, 3.05) is 32.8 Å². The van der Waals surface area contributed by atoms with Crippen LogP contribution in [-0.2, 0) is 27.1 Å². The summed E-state index contributed by atoms with van der Waals surface area (Å²) in [6.07, 6.45) is -2.32. The molecule has 13 heteroatoms. The normalized spacial score (nSPS) is 29.4. The molecule has 0 radical (unpaired) electrons. The SMILES string of the molecule is CC1C(COC(=O)N2CC3CN(C(=O)CC4CCc5n[nH]nc5C4)CC3C2)=CC=C(OC(F)(F)F)C1F. The van der Waals surface area contributed by atoms with Gasteiger partial charge in [0.05, 0.1) is 11.4 Å². The number of H-pyrrole nitrogens is 1. The highest BCUT2D eigenvalue weighted by molar-refractivity contribution is 5.77. The Labute approximate surface area is 210 Å². The van der Waals surface area contributed by atoms with Crippen LogP contribution in [0.15, 0.2) is 23.5 Å². The fraction of sp³-hybridized carbons (Fsp3) is 0.667. The van der Waals surface area contributed by atoms with Crippen LogP contribution in [0.4, 0.5) is 22.4 Å². The summed E-state index contributed by atoms with van der Waals surface area (Å²) in [4.78, 5) is 29.0. The smallest absolute Gasteiger partial charge is 0.445 e. The molecule has 1 aromatic heterocycles. The Balaban J connectivity index is 1.07. The van der Waals surface area contributed by atoms with Crippen LogP contribution in [0.5, 0.6) is 0 Å². The second kappa shape index (κ2) is 9.97. The van der Waals surface area contributed by atoms with Crippen molar-refractivity contribution >= 4 is 12.0 Å². The largest absolute Gasteiger partial charge is 0.572 e. The summed E-state index contributed by atoms with van der Waals surface area (Å²) in [5.41, 5.74) is 2.30. The van der Waals surface area contributed by atoms with E-state index in [1.165, 1.54) is 13.0 Å². The number of hydrogen-bond donors (Lipinski definition) is 1. The average Bonchev–Trinajstić information content (AvgIpc) is 3.55. The molecule has 0 spiro atoms. The molecule has 2 saturated heterocycles. The molecule has 5 atom stereocenters. The highest BCUT2D eigenvalue weighted by atomic mass is 19.4. The molecule has 2 fully saturated rings. The van der Waals surface area contributed by atoms with E-state index in [9.17, 15) is 27.2 Å². The number of likely N-dealkylation sites (tertiary alicyclic amines) is 2. The number of nitrogens with zero attached hydrogens (tertiary/aromatic N) is 4. The molecule has 202 valence electrons. The van der Waals surface area contributed by atoms with E-state index in [0.717, 1.165) is 36.7 Å². The van der Waals surface area contributed by atoms with Crippen molar-refractivity contribution in [2.45, 2.75) is 45.1 Å². The summed E-state index contributed by atoms with van der Waals surface area (Å²) >= 11 is 0. The quantitative estimate of drug-likeness (QED) is 0.591. The lowest BCUT2D eigenvalue weighted by Gasteiger charge is -2.27. The van der Waals surface area contributed by atoms with Gasteiger partial charge >= 0.3 is 12.5 Å². The molecule has 0 saturated carbocycles. The number of alkyl halides is 4. The number of amides is 2. The van der Waals surface area contributed by atoms with Gasteiger partial charge in [-0.05, 0) is 36.8 Å². The van der Waals surface area contributed by atoms with E-state index in [2.05, 4.69) is 20.1 Å². The molecule has 2 aliphatic carbocycles. The summed E-state index contributed by atoms with van der Waals surface area (Å²) in [5.74, 6) is -1.03. The molecule has 4 aliphatic rings. The van der Waals surface area contributed by atoms with Gasteiger partial charge in [0.2, 0.25) is 5.91 Å². The maximum atomic E-state index is 14.4. The molecule has 5 rings (SSSR count). The van der Waals surface area contributed by atoms with Gasteiger partial charge in [0.25, 0.3) is 0 Å². The van der Waals surface area contributed by atoms with Crippen LogP contribution in [0.25, 0.3) is 0 Å². The number of carbonyl (C=O) groups is 2. The number of rotatable bonds is 5. The molecule has 1 aromatic rings. The van der Waals surface area contributed by atoms with Gasteiger partial charge in [0.15, 0.2) is 6.17 Å². The summed E-state index contributed by atoms with van der Waals surface area (Å²) < 4.78 is 60.7. The number of ether oxygens (including phenoxy) is 2. The fourth-order valence-electron chi connectivity index (χ4n) is 5.76. The zero-order valence-corrected chi connectivity index (χ0v) is 20.3. The maximum Gasteiger partial charge on any atom is 0.572 e. The zero-order valence-electron chi connectivity index (χ0n) is 20.3. The highest BCUT2D eigenvalue weighted by Crippen LogP contribution is 2.35. The molecule has 37 heavy (non-hydrogen) atoms. The van der Waals surface area contributed by atoms with E-state index in [1.807, 2.05) is 4.90 Å². The molecule has 9 nitrogen and oxygen atoms in total. The first-order valence-electron chi connectivity index (χ1n) is 12.5. The minimum atomic E-state index is -4.97. The van der Waals surface area contributed by atoms with Gasteiger partial charge in [-0.2, -0.15) is 15.4 Å². The number of nitrogens with one attached hydrogen (secondary N) is 1. The van der Waals surface area contributed by atoms with Crippen LogP contribution < -0.4 is 0 Å². The first kappa shape index (κ1) is 25.5. The Hall–Kier alpha value is -3.12. The second-order valence-electron chi connectivity index (χ2n) is 10.4. The summed E-state index contributed by atoms with van der Waals surface area (Å²) in [7, 11) is 0. The lowest BCUT2D eigenvalue weighted by Crippen LogP contribution is -2.37. The highest BCUT2D eigenvalue weighted by Gasteiger charge is 2.44. The van der Waals surface area contributed by atoms with Crippen LogP contribution in [-0.4, -0.2) is 82.5 Å². The number of aryl methyl sites for hydroxylation is 1. The van der Waals surface area contributed by atoms with Gasteiger partial charge in [0.1, 0.15) is 12.4 Å². The van der Waals surface area contributed by atoms with Crippen molar-refractivity contribution in [2.24, 2.45) is 23.7 Å². The van der Waals surface area contributed by atoms with Crippen molar-refractivity contribution in [1.29, 1.82) is 0 Å². The monoisotopic (exact) mass is 527 g/mol. The molecular formula is C24H29F4N5O4. The van der Waals surface area contributed by atoms with Crippen LogP contribution in [0.2, 0.25) is 0 Å². The average molecular weight is 528 g/mol. The number of halogens is 4. The lowest BCUT2D eigenvalue weighted by molar-refractivity contribution is -0.309. The van der Waals surface area contributed by atoms with Crippen LogP contribution >= 0.6 is 0 Å². The predicted molar refractivity (Wildman–Crippen MR) is 120 cm³/mol. The van der Waals surface area contributed by atoms with Crippen molar-refractivity contribution in [1.82, 2.24) is 25.2 Å². The Morgan fingerprint density at radius 1 is 1.08 bits per heavy atom. The van der Waals surface area contributed by atoms with E-state index < -0.39 is 30.3 Å². The minimum Gasteiger partial charge on any atom is -0.445 e. The molecule has 2 amide bonds. The Bertz CT molecular complexity index is 1090. The van der Waals surface area contributed by atoms with Gasteiger partial charge in [0, 0.05) is 50.4 Å². The fourth-order valence-corrected chi connectivity index (χ4v) is 5.76. The van der Waals surface area contributed by atoms with Crippen molar-refractivity contribution in [3.05, 3.63) is 34.9 Å². The molecule has 2 aliphatic heterocycles. The van der Waals surface area contributed by atoms with Crippen molar-refractivity contribution < 1.29 is 36.6 Å². The number of fused-ring (bicyclic) bond motifs is 2. The first-order valence-corrected chi connectivity index (χ1v) is 12.5. The minimum absolute atomic E-state index is 0.126. The third kappa shape index (κ3) is 5.59. The summed E-state index contributed by atoms with van der Waals surface area (Å²) in [6.45, 7) is 3.30. The van der Waals surface area contributed by atoms with Gasteiger partial charge in [-0.1, -0.05) is 13.0 Å². The Morgan fingerprint density at radius 2 is 1.76 bits per heavy atom. The van der Waals surface area contributed by atoms with E-state index >= 15 is 0 Å². The molecule has 3 heterocycles. The maximum absolute atomic E-state index is 14.4. The van der Waals surface area contributed by atoms with E-state index in [4.69, 9.17) is 4.74 Å². The van der Waals surface area contributed by atoms with Crippen LogP contribution in [0.3, 0.4) is 0 Å². The van der Waals surface area contributed by atoms with Gasteiger partial charge in [-0.25, -0.2) is 9.18 Å². The standard InChI is InChI=1S/C24H29F4N5O4/c1-13-15(3-5-20(22(13)25)37-24(26,27)28)12-36-23(35)33-10-16-8-32(9-17(16)11-33)21(34)7-14-2-4-18-19(6-14)30-31-29-18/h3,5,13-14,16-17,22H,2,4,6-12H2,1H3,(H,29,30,31). The molecule has 0 aromatic carbocycles. The number of hydrogen-bond acceptors (Lipinski definition) is 6. The number of carbonyl (C=O) groups excluding carboxylic acids is 2. The van der Waals surface area contributed by atoms with E-state index in [0.29, 0.717) is 38.2 Å². The van der Waals surface area contributed by atoms with Gasteiger partial charge < -0.3 is 19.3 Å². The van der Waals surface area contributed by atoms with Gasteiger partial charge in [-0.15, -0.1) is 13.2 Å². The Kier molecular flexibility index (Phi) is 6.88.